The first kappa shape index (κ1) is 14.4. The number of carbonyl (C=O) groups excluding carboxylic acids is 1. The topological polar surface area (TPSA) is 64.8 Å². The van der Waals surface area contributed by atoms with Crippen molar-refractivity contribution in [1.82, 2.24) is 0 Å². The van der Waals surface area contributed by atoms with E-state index in [4.69, 9.17) is 15.2 Å². The summed E-state index contributed by atoms with van der Waals surface area (Å²) in [5.74, 6) is -0.273. The smallest absolute Gasteiger partial charge is 0.240 e. The largest absolute Gasteiger partial charge is 0.377 e. The highest BCUT2D eigenvalue weighted by molar-refractivity contribution is 5.86. The van der Waals surface area contributed by atoms with Crippen molar-refractivity contribution < 1.29 is 14.3 Å². The number of rotatable bonds is 6. The Morgan fingerprint density at radius 1 is 1.43 bits per heavy atom. The molecule has 0 saturated carbocycles. The Kier molecular flexibility index (Phi) is 4.41. The molecule has 5 heteroatoms. The van der Waals surface area contributed by atoms with Gasteiger partial charge in [-0.05, 0) is 24.5 Å². The van der Waals surface area contributed by atoms with E-state index in [1.807, 2.05) is 18.2 Å². The maximum absolute atomic E-state index is 11.6. The second-order valence-corrected chi connectivity index (χ2v) is 5.65. The lowest BCUT2D eigenvalue weighted by molar-refractivity contribution is -0.119. The molecule has 1 saturated heterocycles. The highest BCUT2D eigenvalue weighted by atomic mass is 16.5. The lowest BCUT2D eigenvalue weighted by Crippen LogP contribution is -2.44. The zero-order chi connectivity index (χ0) is 14.7. The predicted molar refractivity (Wildman–Crippen MR) is 80.3 cm³/mol. The summed E-state index contributed by atoms with van der Waals surface area (Å²) in [4.78, 5) is 13.7. The van der Waals surface area contributed by atoms with E-state index >= 15 is 0 Å². The number of hydrogen-bond donors (Lipinski definition) is 1. The molecule has 2 N–H and O–H groups in total. The minimum atomic E-state index is -0.273. The molecule has 114 valence electrons. The van der Waals surface area contributed by atoms with Crippen molar-refractivity contribution in [2.24, 2.45) is 5.73 Å². The molecule has 2 heterocycles. The van der Waals surface area contributed by atoms with Crippen LogP contribution >= 0.6 is 0 Å². The molecule has 1 aromatic carbocycles. The van der Waals surface area contributed by atoms with Crippen molar-refractivity contribution in [3.63, 3.8) is 0 Å². The molecule has 5 nitrogen and oxygen atoms in total. The molecule has 2 aliphatic rings. The lowest BCUT2D eigenvalue weighted by Gasteiger charge is -2.25. The number of para-hydroxylation sites is 1. The molecule has 1 fully saturated rings. The fourth-order valence-electron chi connectivity index (χ4n) is 3.13. The summed E-state index contributed by atoms with van der Waals surface area (Å²) in [6.07, 6.45) is 3.13. The number of amides is 1. The average molecular weight is 290 g/mol. The van der Waals surface area contributed by atoms with Crippen molar-refractivity contribution >= 4 is 11.6 Å². The SMILES string of the molecule is NC(=O)[C@@H]1Cc2ccccc2N1CCOC[C@H]1CCCO1. The molecule has 2 atom stereocenters. The number of ether oxygens (including phenoxy) is 2. The molecule has 3 rings (SSSR count). The van der Waals surface area contributed by atoms with Crippen molar-refractivity contribution in [3.05, 3.63) is 29.8 Å². The Balaban J connectivity index is 1.55. The van der Waals surface area contributed by atoms with E-state index in [2.05, 4.69) is 11.0 Å². The summed E-state index contributed by atoms with van der Waals surface area (Å²) in [6, 6.07) is 7.82. The van der Waals surface area contributed by atoms with Crippen molar-refractivity contribution in [1.29, 1.82) is 0 Å². The number of fused-ring (bicyclic) bond motifs is 1. The third-order valence-corrected chi connectivity index (χ3v) is 4.22. The van der Waals surface area contributed by atoms with Gasteiger partial charge in [0.1, 0.15) is 6.04 Å². The number of nitrogens with two attached hydrogens (primary N) is 1. The third kappa shape index (κ3) is 3.19. The molecule has 0 radical (unpaired) electrons. The van der Waals surface area contributed by atoms with Crippen LogP contribution in [0.2, 0.25) is 0 Å². The van der Waals surface area contributed by atoms with Gasteiger partial charge < -0.3 is 20.1 Å². The van der Waals surface area contributed by atoms with Crippen LogP contribution in [0.1, 0.15) is 18.4 Å². The number of anilines is 1. The maximum atomic E-state index is 11.6. The van der Waals surface area contributed by atoms with Gasteiger partial charge in [0.15, 0.2) is 0 Å². The van der Waals surface area contributed by atoms with Crippen molar-refractivity contribution in [2.75, 3.05) is 31.3 Å². The second kappa shape index (κ2) is 6.45. The van der Waals surface area contributed by atoms with E-state index < -0.39 is 0 Å². The van der Waals surface area contributed by atoms with Crippen LogP contribution < -0.4 is 10.6 Å². The number of carbonyl (C=O) groups is 1. The number of nitrogens with zero attached hydrogens (tertiary/aromatic N) is 1. The van der Waals surface area contributed by atoms with Gasteiger partial charge in [-0.1, -0.05) is 18.2 Å². The summed E-state index contributed by atoms with van der Waals surface area (Å²) >= 11 is 0. The Hall–Kier alpha value is -1.59. The molecular formula is C16H22N2O3. The van der Waals surface area contributed by atoms with Gasteiger partial charge >= 0.3 is 0 Å². The predicted octanol–water partition coefficient (Wildman–Crippen LogP) is 1.10. The normalized spacial score (nSPS) is 24.3. The quantitative estimate of drug-likeness (QED) is 0.797. The van der Waals surface area contributed by atoms with Crippen molar-refractivity contribution in [2.45, 2.75) is 31.4 Å². The summed E-state index contributed by atoms with van der Waals surface area (Å²) in [5, 5.41) is 0. The molecule has 1 aromatic rings. The Labute approximate surface area is 125 Å². The lowest BCUT2D eigenvalue weighted by atomic mass is 10.1. The van der Waals surface area contributed by atoms with Gasteiger partial charge in [-0.15, -0.1) is 0 Å². The molecule has 0 aliphatic carbocycles. The van der Waals surface area contributed by atoms with E-state index in [-0.39, 0.29) is 18.1 Å². The van der Waals surface area contributed by atoms with Crippen LogP contribution in [0.4, 0.5) is 5.69 Å². The van der Waals surface area contributed by atoms with Gasteiger partial charge in [0.05, 0.1) is 19.3 Å². The summed E-state index contributed by atoms with van der Waals surface area (Å²) in [6.45, 7) is 2.74. The summed E-state index contributed by atoms with van der Waals surface area (Å²) in [7, 11) is 0. The first-order valence-electron chi connectivity index (χ1n) is 7.59. The number of primary amides is 1. The molecule has 21 heavy (non-hydrogen) atoms. The Bertz CT molecular complexity index is 500. The van der Waals surface area contributed by atoms with Gasteiger partial charge in [-0.25, -0.2) is 0 Å². The van der Waals surface area contributed by atoms with Gasteiger partial charge in [-0.3, -0.25) is 4.79 Å². The molecular weight excluding hydrogens is 268 g/mol. The first-order chi connectivity index (χ1) is 10.3. The van der Waals surface area contributed by atoms with E-state index in [0.29, 0.717) is 26.2 Å². The van der Waals surface area contributed by atoms with Gasteiger partial charge in [-0.2, -0.15) is 0 Å². The van der Waals surface area contributed by atoms with E-state index in [0.717, 1.165) is 25.1 Å². The molecule has 2 aliphatic heterocycles. The van der Waals surface area contributed by atoms with E-state index in [1.165, 1.54) is 5.56 Å². The molecule has 0 spiro atoms. The highest BCUT2D eigenvalue weighted by Crippen LogP contribution is 2.31. The third-order valence-electron chi connectivity index (χ3n) is 4.22. The Morgan fingerprint density at radius 3 is 3.05 bits per heavy atom. The minimum Gasteiger partial charge on any atom is -0.377 e. The van der Waals surface area contributed by atoms with Crippen LogP contribution in [0, 0.1) is 0 Å². The highest BCUT2D eigenvalue weighted by Gasteiger charge is 2.32. The maximum Gasteiger partial charge on any atom is 0.240 e. The molecule has 1 amide bonds. The summed E-state index contributed by atoms with van der Waals surface area (Å²) < 4.78 is 11.2. The van der Waals surface area contributed by atoms with Gasteiger partial charge in [0.2, 0.25) is 5.91 Å². The minimum absolute atomic E-state index is 0.239. The van der Waals surface area contributed by atoms with Crippen LogP contribution in [0.15, 0.2) is 24.3 Å². The van der Waals surface area contributed by atoms with Crippen LogP contribution in [-0.4, -0.2) is 44.4 Å². The van der Waals surface area contributed by atoms with Gasteiger partial charge in [0, 0.05) is 25.3 Å². The van der Waals surface area contributed by atoms with Crippen LogP contribution in [-0.2, 0) is 20.7 Å². The fourth-order valence-corrected chi connectivity index (χ4v) is 3.13. The molecule has 0 unspecified atom stereocenters. The summed E-state index contributed by atoms with van der Waals surface area (Å²) in [5.41, 5.74) is 7.81. The van der Waals surface area contributed by atoms with Crippen molar-refractivity contribution in [3.8, 4) is 0 Å². The second-order valence-electron chi connectivity index (χ2n) is 5.65. The van der Waals surface area contributed by atoms with Crippen LogP contribution in [0.5, 0.6) is 0 Å². The monoisotopic (exact) mass is 290 g/mol. The number of benzene rings is 1. The average Bonchev–Trinajstić information content (AvgIpc) is 3.11. The Morgan fingerprint density at radius 2 is 2.29 bits per heavy atom. The fraction of sp³-hybridized carbons (Fsp3) is 0.562. The van der Waals surface area contributed by atoms with E-state index in [1.54, 1.807) is 0 Å². The van der Waals surface area contributed by atoms with Crippen LogP contribution in [0.25, 0.3) is 0 Å². The molecule has 0 aromatic heterocycles. The zero-order valence-electron chi connectivity index (χ0n) is 12.2. The molecule has 0 bridgehead atoms. The van der Waals surface area contributed by atoms with E-state index in [9.17, 15) is 4.79 Å². The number of hydrogen-bond acceptors (Lipinski definition) is 4. The first-order valence-corrected chi connectivity index (χ1v) is 7.59. The standard InChI is InChI=1S/C16H22N2O3/c17-16(19)15-10-12-4-1-2-6-14(12)18(15)7-9-20-11-13-5-3-8-21-13/h1-2,4,6,13,15H,3,5,7-11H2,(H2,17,19)/t13-,15+/m1/s1. The zero-order valence-corrected chi connectivity index (χ0v) is 12.2. The van der Waals surface area contributed by atoms with Gasteiger partial charge in [0.25, 0.3) is 0 Å². The van der Waals surface area contributed by atoms with Crippen LogP contribution in [0.3, 0.4) is 0 Å².